The van der Waals surface area contributed by atoms with Crippen LogP contribution in [-0.2, 0) is 6.54 Å². The molecule has 0 radical (unpaired) electrons. The topological polar surface area (TPSA) is 3.24 Å². The highest BCUT2D eigenvalue weighted by atomic mass is 35.5. The van der Waals surface area contributed by atoms with E-state index in [0.717, 1.165) is 6.54 Å². The van der Waals surface area contributed by atoms with E-state index in [1.165, 1.54) is 18.4 Å². The number of rotatable bonds is 4. The monoisotopic (exact) mass is 257 g/mol. The van der Waals surface area contributed by atoms with Gasteiger partial charge in [-0.15, -0.1) is 23.2 Å². The minimum absolute atomic E-state index is 0.491. The van der Waals surface area contributed by atoms with Crippen LogP contribution < -0.4 is 0 Å². The van der Waals surface area contributed by atoms with Gasteiger partial charge in [0.15, 0.2) is 0 Å². The highest BCUT2D eigenvalue weighted by molar-refractivity contribution is 6.18. The zero-order chi connectivity index (χ0) is 11.4. The fourth-order valence-electron chi connectivity index (χ4n) is 2.40. The third kappa shape index (κ3) is 2.71. The molecule has 0 N–H and O–H groups in total. The van der Waals surface area contributed by atoms with Crippen LogP contribution in [0.25, 0.3) is 0 Å². The minimum atomic E-state index is 0.491. The quantitative estimate of drug-likeness (QED) is 0.747. The molecule has 0 aromatic heterocycles. The van der Waals surface area contributed by atoms with Gasteiger partial charge in [-0.1, -0.05) is 30.3 Å². The van der Waals surface area contributed by atoms with Gasteiger partial charge in [-0.25, -0.2) is 0 Å². The number of hydrogen-bond acceptors (Lipinski definition) is 1. The molecule has 0 aliphatic carbocycles. The number of nitrogens with zero attached hydrogens (tertiary/aromatic N) is 1. The highest BCUT2D eigenvalue weighted by Crippen LogP contribution is 2.27. The number of hydrogen-bond donors (Lipinski definition) is 0. The maximum absolute atomic E-state index is 6.01. The lowest BCUT2D eigenvalue weighted by Gasteiger charge is -2.28. The minimum Gasteiger partial charge on any atom is -0.291 e. The molecular formula is C13H17Cl2N. The summed E-state index contributed by atoms with van der Waals surface area (Å²) in [6.45, 7) is 0.968. The number of halogens is 2. The van der Waals surface area contributed by atoms with E-state index in [1.807, 2.05) is 6.07 Å². The molecule has 1 fully saturated rings. The lowest BCUT2D eigenvalue weighted by atomic mass is 10.2. The Morgan fingerprint density at radius 1 is 1.00 bits per heavy atom. The molecule has 0 amide bonds. The Kier molecular flexibility index (Phi) is 4.51. The maximum atomic E-state index is 6.01. The van der Waals surface area contributed by atoms with Crippen molar-refractivity contribution in [2.75, 3.05) is 11.8 Å². The molecule has 1 heterocycles. The molecule has 1 saturated heterocycles. The molecule has 0 spiro atoms. The molecular weight excluding hydrogens is 241 g/mol. The second-order valence-corrected chi connectivity index (χ2v) is 4.97. The number of alkyl halides is 2. The lowest BCUT2D eigenvalue weighted by Crippen LogP contribution is -2.37. The van der Waals surface area contributed by atoms with Crippen LogP contribution in [0.1, 0.15) is 18.4 Å². The molecule has 2 atom stereocenters. The van der Waals surface area contributed by atoms with E-state index in [2.05, 4.69) is 29.2 Å². The summed E-state index contributed by atoms with van der Waals surface area (Å²) < 4.78 is 0. The molecule has 3 heteroatoms. The third-order valence-electron chi connectivity index (χ3n) is 3.34. The van der Waals surface area contributed by atoms with Crippen LogP contribution in [0.3, 0.4) is 0 Å². The van der Waals surface area contributed by atoms with E-state index in [1.54, 1.807) is 0 Å². The van der Waals surface area contributed by atoms with Crippen molar-refractivity contribution in [3.05, 3.63) is 35.9 Å². The van der Waals surface area contributed by atoms with E-state index >= 15 is 0 Å². The van der Waals surface area contributed by atoms with E-state index in [9.17, 15) is 0 Å². The fourth-order valence-corrected chi connectivity index (χ4v) is 3.06. The Bertz CT molecular complexity index is 303. The van der Waals surface area contributed by atoms with Gasteiger partial charge in [0.25, 0.3) is 0 Å². The summed E-state index contributed by atoms with van der Waals surface area (Å²) in [5.74, 6) is 1.42. The Morgan fingerprint density at radius 3 is 2.06 bits per heavy atom. The van der Waals surface area contributed by atoms with Crippen LogP contribution in [0.5, 0.6) is 0 Å². The number of benzene rings is 1. The highest BCUT2D eigenvalue weighted by Gasteiger charge is 2.31. The Balaban J connectivity index is 2.06. The van der Waals surface area contributed by atoms with Gasteiger partial charge in [-0.05, 0) is 18.4 Å². The first kappa shape index (κ1) is 12.2. The second-order valence-electron chi connectivity index (χ2n) is 4.35. The molecule has 88 valence electrons. The van der Waals surface area contributed by atoms with Crippen molar-refractivity contribution < 1.29 is 0 Å². The van der Waals surface area contributed by atoms with E-state index in [-0.39, 0.29) is 0 Å². The molecule has 1 aromatic carbocycles. The number of likely N-dealkylation sites (tertiary alicyclic amines) is 1. The third-order valence-corrected chi connectivity index (χ3v) is 4.05. The zero-order valence-electron chi connectivity index (χ0n) is 9.28. The van der Waals surface area contributed by atoms with Crippen LogP contribution in [0, 0.1) is 0 Å². The summed E-state index contributed by atoms with van der Waals surface area (Å²) in [5.41, 5.74) is 1.34. The standard InChI is InChI=1S/C13H17Cl2N/c14-8-12-6-7-13(9-15)16(12)10-11-4-2-1-3-5-11/h1-5,12-13H,6-10H2/t12-,13-/m1/s1. The average Bonchev–Trinajstić information content (AvgIpc) is 2.72. The van der Waals surface area contributed by atoms with Crippen LogP contribution in [0.2, 0.25) is 0 Å². The van der Waals surface area contributed by atoms with Crippen molar-refractivity contribution in [1.29, 1.82) is 0 Å². The van der Waals surface area contributed by atoms with Crippen molar-refractivity contribution in [3.63, 3.8) is 0 Å². The Hall–Kier alpha value is -0.240. The first-order chi connectivity index (χ1) is 7.85. The summed E-state index contributed by atoms with van der Waals surface area (Å²) in [6.07, 6.45) is 2.35. The zero-order valence-corrected chi connectivity index (χ0v) is 10.8. The second kappa shape index (κ2) is 5.90. The van der Waals surface area contributed by atoms with Gasteiger partial charge < -0.3 is 0 Å². The molecule has 1 aromatic rings. The van der Waals surface area contributed by atoms with Gasteiger partial charge >= 0.3 is 0 Å². The van der Waals surface area contributed by atoms with Crippen LogP contribution in [0.15, 0.2) is 30.3 Å². The molecule has 1 aliphatic rings. The predicted octanol–water partition coefficient (Wildman–Crippen LogP) is 3.50. The van der Waals surface area contributed by atoms with E-state index in [4.69, 9.17) is 23.2 Å². The molecule has 16 heavy (non-hydrogen) atoms. The van der Waals surface area contributed by atoms with Crippen LogP contribution in [-0.4, -0.2) is 28.7 Å². The van der Waals surface area contributed by atoms with Crippen molar-refractivity contribution >= 4 is 23.2 Å². The molecule has 0 unspecified atom stereocenters. The maximum Gasteiger partial charge on any atom is 0.0379 e. The lowest BCUT2D eigenvalue weighted by molar-refractivity contribution is 0.209. The van der Waals surface area contributed by atoms with Crippen molar-refractivity contribution in [2.45, 2.75) is 31.5 Å². The molecule has 1 aliphatic heterocycles. The van der Waals surface area contributed by atoms with Crippen molar-refractivity contribution in [2.24, 2.45) is 0 Å². The van der Waals surface area contributed by atoms with E-state index in [0.29, 0.717) is 23.8 Å². The van der Waals surface area contributed by atoms with Crippen molar-refractivity contribution in [3.8, 4) is 0 Å². The Labute approximate surface area is 107 Å². The van der Waals surface area contributed by atoms with Crippen molar-refractivity contribution in [1.82, 2.24) is 4.90 Å². The first-order valence-electron chi connectivity index (χ1n) is 5.76. The van der Waals surface area contributed by atoms with Gasteiger partial charge in [0, 0.05) is 30.4 Å². The molecule has 2 rings (SSSR count). The normalized spacial score (nSPS) is 26.1. The first-order valence-corrected chi connectivity index (χ1v) is 6.83. The van der Waals surface area contributed by atoms with Gasteiger partial charge in [0.2, 0.25) is 0 Å². The smallest absolute Gasteiger partial charge is 0.0379 e. The molecule has 0 saturated carbocycles. The summed E-state index contributed by atoms with van der Waals surface area (Å²) in [7, 11) is 0. The molecule has 1 nitrogen and oxygen atoms in total. The SMILES string of the molecule is ClC[C@H]1CC[C@H](CCl)N1Cc1ccccc1. The summed E-state index contributed by atoms with van der Waals surface area (Å²) in [4.78, 5) is 2.45. The summed E-state index contributed by atoms with van der Waals surface area (Å²) >= 11 is 12.0. The van der Waals surface area contributed by atoms with E-state index < -0.39 is 0 Å². The van der Waals surface area contributed by atoms with Crippen LogP contribution >= 0.6 is 23.2 Å². The average molecular weight is 258 g/mol. The summed E-state index contributed by atoms with van der Waals surface area (Å²) in [6, 6.07) is 11.5. The fraction of sp³-hybridized carbons (Fsp3) is 0.538. The van der Waals surface area contributed by atoms with Gasteiger partial charge in [0.1, 0.15) is 0 Å². The Morgan fingerprint density at radius 2 is 1.56 bits per heavy atom. The van der Waals surface area contributed by atoms with Crippen LogP contribution in [0.4, 0.5) is 0 Å². The largest absolute Gasteiger partial charge is 0.291 e. The van der Waals surface area contributed by atoms with Gasteiger partial charge in [0.05, 0.1) is 0 Å². The van der Waals surface area contributed by atoms with Gasteiger partial charge in [-0.2, -0.15) is 0 Å². The molecule has 0 bridgehead atoms. The van der Waals surface area contributed by atoms with Gasteiger partial charge in [-0.3, -0.25) is 4.90 Å². The predicted molar refractivity (Wildman–Crippen MR) is 70.2 cm³/mol. The summed E-state index contributed by atoms with van der Waals surface area (Å²) in [5, 5.41) is 0.